The number of carbonyl (C=O) groups excluding carboxylic acids is 1. The summed E-state index contributed by atoms with van der Waals surface area (Å²) < 4.78 is 5.90. The molecule has 1 fully saturated rings. The Morgan fingerprint density at radius 1 is 1.24 bits per heavy atom. The largest absolute Gasteiger partial charge is 0.374 e. The molecule has 150 valence electrons. The highest BCUT2D eigenvalue weighted by molar-refractivity contribution is 7.15. The molecule has 3 aromatic rings. The SMILES string of the molecule is Nc1nnc(CC(=O)N2CCOC(c3cccc(Cc4ccccc4Cl)n3)C2)s1. The van der Waals surface area contributed by atoms with E-state index in [0.29, 0.717) is 36.3 Å². The number of nitrogen functional groups attached to an aromatic ring is 1. The number of halogens is 1. The van der Waals surface area contributed by atoms with Crippen molar-refractivity contribution >= 4 is 34.0 Å². The van der Waals surface area contributed by atoms with Gasteiger partial charge in [-0.2, -0.15) is 0 Å². The van der Waals surface area contributed by atoms with Crippen LogP contribution in [0.25, 0.3) is 0 Å². The zero-order valence-electron chi connectivity index (χ0n) is 15.6. The van der Waals surface area contributed by atoms with Crippen molar-refractivity contribution in [2.45, 2.75) is 18.9 Å². The Bertz CT molecular complexity index is 1010. The van der Waals surface area contributed by atoms with Crippen LogP contribution in [0.4, 0.5) is 5.13 Å². The topological polar surface area (TPSA) is 94.2 Å². The Morgan fingerprint density at radius 3 is 2.90 bits per heavy atom. The molecule has 1 saturated heterocycles. The highest BCUT2D eigenvalue weighted by atomic mass is 35.5. The lowest BCUT2D eigenvalue weighted by molar-refractivity contribution is -0.138. The zero-order valence-corrected chi connectivity index (χ0v) is 17.2. The Balaban J connectivity index is 1.44. The van der Waals surface area contributed by atoms with Gasteiger partial charge in [0.05, 0.1) is 25.3 Å². The molecular formula is C20H20ClN5O2S. The lowest BCUT2D eigenvalue weighted by atomic mass is 10.1. The number of anilines is 1. The highest BCUT2D eigenvalue weighted by Crippen LogP contribution is 2.24. The third kappa shape index (κ3) is 4.90. The molecule has 0 aliphatic carbocycles. The number of aromatic nitrogens is 3. The van der Waals surface area contributed by atoms with Crippen molar-refractivity contribution in [2.75, 3.05) is 25.4 Å². The predicted octanol–water partition coefficient (Wildman–Crippen LogP) is 2.90. The molecule has 1 aliphatic rings. The fraction of sp³-hybridized carbons (Fsp3) is 0.300. The molecule has 0 saturated carbocycles. The van der Waals surface area contributed by atoms with Gasteiger partial charge >= 0.3 is 0 Å². The fourth-order valence-electron chi connectivity index (χ4n) is 3.25. The lowest BCUT2D eigenvalue weighted by Crippen LogP contribution is -2.43. The summed E-state index contributed by atoms with van der Waals surface area (Å²) >= 11 is 7.51. The van der Waals surface area contributed by atoms with E-state index in [1.807, 2.05) is 42.5 Å². The Labute approximate surface area is 177 Å². The maximum absolute atomic E-state index is 12.6. The molecule has 3 heterocycles. The van der Waals surface area contributed by atoms with Crippen molar-refractivity contribution in [3.8, 4) is 0 Å². The van der Waals surface area contributed by atoms with Gasteiger partial charge in [-0.05, 0) is 23.8 Å². The molecule has 1 atom stereocenters. The van der Waals surface area contributed by atoms with E-state index in [-0.39, 0.29) is 18.4 Å². The number of hydrogen-bond donors (Lipinski definition) is 1. The van der Waals surface area contributed by atoms with E-state index >= 15 is 0 Å². The first-order valence-corrected chi connectivity index (χ1v) is 10.4. The smallest absolute Gasteiger partial charge is 0.229 e. The fourth-order valence-corrected chi connectivity index (χ4v) is 4.05. The van der Waals surface area contributed by atoms with E-state index in [9.17, 15) is 4.79 Å². The van der Waals surface area contributed by atoms with Gasteiger partial charge in [-0.1, -0.05) is 47.2 Å². The van der Waals surface area contributed by atoms with E-state index < -0.39 is 0 Å². The second-order valence-corrected chi connectivity index (χ2v) is 8.23. The van der Waals surface area contributed by atoms with Gasteiger partial charge in [-0.3, -0.25) is 9.78 Å². The second kappa shape index (κ2) is 8.86. The van der Waals surface area contributed by atoms with Crippen LogP contribution in [0.3, 0.4) is 0 Å². The Kier molecular flexibility index (Phi) is 6.03. The molecule has 4 rings (SSSR count). The number of nitrogens with zero attached hydrogens (tertiary/aromatic N) is 4. The number of hydrogen-bond acceptors (Lipinski definition) is 7. The normalized spacial score (nSPS) is 16.7. The number of nitrogens with two attached hydrogens (primary N) is 1. The van der Waals surface area contributed by atoms with Gasteiger partial charge in [0.1, 0.15) is 11.1 Å². The van der Waals surface area contributed by atoms with Gasteiger partial charge in [0.15, 0.2) is 0 Å². The monoisotopic (exact) mass is 429 g/mol. The molecule has 0 radical (unpaired) electrons. The van der Waals surface area contributed by atoms with Crippen molar-refractivity contribution in [3.05, 3.63) is 69.4 Å². The van der Waals surface area contributed by atoms with Crippen LogP contribution >= 0.6 is 22.9 Å². The van der Waals surface area contributed by atoms with Crippen molar-refractivity contribution < 1.29 is 9.53 Å². The number of ether oxygens (including phenoxy) is 1. The van der Waals surface area contributed by atoms with Gasteiger partial charge in [-0.15, -0.1) is 10.2 Å². The van der Waals surface area contributed by atoms with E-state index in [2.05, 4.69) is 10.2 Å². The van der Waals surface area contributed by atoms with Gasteiger partial charge < -0.3 is 15.4 Å². The molecule has 1 aliphatic heterocycles. The van der Waals surface area contributed by atoms with E-state index in [1.165, 1.54) is 11.3 Å². The van der Waals surface area contributed by atoms with Crippen LogP contribution in [0.2, 0.25) is 5.02 Å². The van der Waals surface area contributed by atoms with Crippen molar-refractivity contribution in [3.63, 3.8) is 0 Å². The summed E-state index contributed by atoms with van der Waals surface area (Å²) in [5.74, 6) is -0.0123. The first kappa shape index (κ1) is 19.8. The number of benzene rings is 1. The van der Waals surface area contributed by atoms with Gasteiger partial charge in [-0.25, -0.2) is 0 Å². The summed E-state index contributed by atoms with van der Waals surface area (Å²) in [6, 6.07) is 13.6. The second-order valence-electron chi connectivity index (χ2n) is 6.73. The summed E-state index contributed by atoms with van der Waals surface area (Å²) in [7, 11) is 0. The molecule has 1 unspecified atom stereocenters. The van der Waals surface area contributed by atoms with E-state index in [0.717, 1.165) is 22.0 Å². The quantitative estimate of drug-likeness (QED) is 0.670. The molecule has 7 nitrogen and oxygen atoms in total. The van der Waals surface area contributed by atoms with Crippen LogP contribution in [-0.2, 0) is 22.4 Å². The minimum atomic E-state index is -0.265. The average molecular weight is 430 g/mol. The number of pyridine rings is 1. The molecule has 2 N–H and O–H groups in total. The maximum atomic E-state index is 12.6. The molecule has 29 heavy (non-hydrogen) atoms. The van der Waals surface area contributed by atoms with Crippen LogP contribution in [0.1, 0.15) is 28.1 Å². The molecule has 9 heteroatoms. The first-order chi connectivity index (χ1) is 14.1. The molecule has 0 bridgehead atoms. The number of carbonyl (C=O) groups is 1. The lowest BCUT2D eigenvalue weighted by Gasteiger charge is -2.32. The number of morpholine rings is 1. The molecule has 1 amide bonds. The minimum absolute atomic E-state index is 0.0123. The highest BCUT2D eigenvalue weighted by Gasteiger charge is 2.27. The van der Waals surface area contributed by atoms with Crippen LogP contribution in [0, 0.1) is 0 Å². The van der Waals surface area contributed by atoms with E-state index in [4.69, 9.17) is 27.1 Å². The van der Waals surface area contributed by atoms with Crippen LogP contribution < -0.4 is 5.73 Å². The third-order valence-corrected chi connectivity index (χ3v) is 5.81. The van der Waals surface area contributed by atoms with Crippen molar-refractivity contribution in [1.29, 1.82) is 0 Å². The zero-order chi connectivity index (χ0) is 20.2. The third-order valence-electron chi connectivity index (χ3n) is 4.69. The van der Waals surface area contributed by atoms with Crippen molar-refractivity contribution in [2.24, 2.45) is 0 Å². The van der Waals surface area contributed by atoms with Crippen LogP contribution in [-0.4, -0.2) is 45.7 Å². The van der Waals surface area contributed by atoms with Gasteiger partial charge in [0.2, 0.25) is 11.0 Å². The average Bonchev–Trinajstić information content (AvgIpc) is 3.14. The number of amides is 1. The Morgan fingerprint density at radius 2 is 2.10 bits per heavy atom. The summed E-state index contributed by atoms with van der Waals surface area (Å²) in [6.45, 7) is 1.46. The molecule has 2 aromatic heterocycles. The predicted molar refractivity (Wildman–Crippen MR) is 112 cm³/mol. The molecular weight excluding hydrogens is 410 g/mol. The minimum Gasteiger partial charge on any atom is -0.374 e. The first-order valence-electron chi connectivity index (χ1n) is 9.25. The van der Waals surface area contributed by atoms with Gasteiger partial charge in [0, 0.05) is 23.7 Å². The summed E-state index contributed by atoms with van der Waals surface area (Å²) in [5, 5.41) is 9.40. The summed E-state index contributed by atoms with van der Waals surface area (Å²) in [5.41, 5.74) is 8.34. The molecule has 1 aromatic carbocycles. The summed E-state index contributed by atoms with van der Waals surface area (Å²) in [4.78, 5) is 19.2. The van der Waals surface area contributed by atoms with Crippen LogP contribution in [0.5, 0.6) is 0 Å². The Hall–Kier alpha value is -2.55. The summed E-state index contributed by atoms with van der Waals surface area (Å²) in [6.07, 6.45) is 0.571. The van der Waals surface area contributed by atoms with E-state index in [1.54, 1.807) is 4.90 Å². The van der Waals surface area contributed by atoms with Gasteiger partial charge in [0.25, 0.3) is 0 Å². The number of rotatable bonds is 5. The standard InChI is InChI=1S/C20H20ClN5O2S/c21-15-6-2-1-4-13(15)10-14-5-3-7-16(23-14)17-12-26(8-9-28-17)19(27)11-18-24-25-20(22)29-18/h1-7,17H,8-12H2,(H2,22,25). The maximum Gasteiger partial charge on any atom is 0.229 e. The van der Waals surface area contributed by atoms with Crippen molar-refractivity contribution in [1.82, 2.24) is 20.1 Å². The van der Waals surface area contributed by atoms with Crippen LogP contribution in [0.15, 0.2) is 42.5 Å². The molecule has 0 spiro atoms.